The van der Waals surface area contributed by atoms with Crippen molar-refractivity contribution in [3.63, 3.8) is 0 Å². The Hall–Kier alpha value is -3.89. The Kier molecular flexibility index (Phi) is 5.93. The van der Waals surface area contributed by atoms with Gasteiger partial charge in [0.1, 0.15) is 5.75 Å². The molecule has 10 heteroatoms. The Balaban J connectivity index is 1.85. The first-order chi connectivity index (χ1) is 17.2. The van der Waals surface area contributed by atoms with Crippen molar-refractivity contribution >= 4 is 10.0 Å². The van der Waals surface area contributed by atoms with E-state index in [2.05, 4.69) is 9.71 Å². The minimum atomic E-state index is -3.51. The summed E-state index contributed by atoms with van der Waals surface area (Å²) in [7, 11) is -1.95. The molecule has 2 N–H and O–H groups in total. The van der Waals surface area contributed by atoms with Gasteiger partial charge < -0.3 is 9.15 Å². The second-order valence-electron chi connectivity index (χ2n) is 8.90. The van der Waals surface area contributed by atoms with Crippen molar-refractivity contribution < 1.29 is 17.6 Å². The monoisotopic (exact) mass is 507 g/mol. The summed E-state index contributed by atoms with van der Waals surface area (Å²) in [6.45, 7) is 0.105. The Morgan fingerprint density at radius 3 is 2.64 bits per heavy atom. The summed E-state index contributed by atoms with van der Waals surface area (Å²) < 4.78 is 39.8. The van der Waals surface area contributed by atoms with Crippen molar-refractivity contribution in [2.24, 2.45) is 0 Å². The zero-order chi connectivity index (χ0) is 25.5. The van der Waals surface area contributed by atoms with Gasteiger partial charge in [-0.25, -0.2) is 17.9 Å². The lowest BCUT2D eigenvalue weighted by atomic mass is 9.74. The van der Waals surface area contributed by atoms with E-state index >= 15 is 0 Å². The van der Waals surface area contributed by atoms with Crippen LogP contribution in [0.2, 0.25) is 0 Å². The second kappa shape index (κ2) is 8.96. The standard InChI is InChI=1S/C26H25N3O6S/c1-34-24-20(18-9-12-35-15-18)13-19(29-11-8-23(30)28-25(29)31)14-22(24)26(16-27-36(2,32)33)10-7-17-5-3-4-6-21(17)26/h3-6,8-9,11-15,27H,7,10,16H2,1-2H3,(H,28,30,31). The molecule has 0 spiro atoms. The molecule has 0 aliphatic heterocycles. The normalized spacial score (nSPS) is 17.2. The molecule has 5 rings (SSSR count). The summed E-state index contributed by atoms with van der Waals surface area (Å²) in [5.41, 5.74) is 2.85. The van der Waals surface area contributed by atoms with Gasteiger partial charge in [-0.2, -0.15) is 0 Å². The van der Waals surface area contributed by atoms with Crippen LogP contribution in [0, 0.1) is 0 Å². The summed E-state index contributed by atoms with van der Waals surface area (Å²) >= 11 is 0. The Labute approximate surface area is 207 Å². The molecule has 2 heterocycles. The van der Waals surface area contributed by atoms with Gasteiger partial charge in [-0.05, 0) is 42.2 Å². The highest BCUT2D eigenvalue weighted by Crippen LogP contribution is 2.50. The van der Waals surface area contributed by atoms with Gasteiger partial charge >= 0.3 is 5.69 Å². The van der Waals surface area contributed by atoms with Crippen molar-refractivity contribution in [2.75, 3.05) is 19.9 Å². The average molecular weight is 508 g/mol. The zero-order valence-electron chi connectivity index (χ0n) is 19.8. The van der Waals surface area contributed by atoms with E-state index in [9.17, 15) is 18.0 Å². The highest BCUT2D eigenvalue weighted by atomic mass is 32.2. The summed E-state index contributed by atoms with van der Waals surface area (Å²) in [6.07, 6.45) is 7.03. The minimum absolute atomic E-state index is 0.105. The maximum absolute atomic E-state index is 12.7. The molecule has 36 heavy (non-hydrogen) atoms. The fourth-order valence-electron chi connectivity index (χ4n) is 5.08. The Morgan fingerprint density at radius 2 is 1.94 bits per heavy atom. The third kappa shape index (κ3) is 4.18. The molecule has 4 aromatic rings. The lowest BCUT2D eigenvalue weighted by molar-refractivity contribution is 0.391. The van der Waals surface area contributed by atoms with E-state index in [-0.39, 0.29) is 6.54 Å². The first-order valence-corrected chi connectivity index (χ1v) is 13.2. The number of rotatable bonds is 7. The largest absolute Gasteiger partial charge is 0.496 e. The predicted octanol–water partition coefficient (Wildman–Crippen LogP) is 2.58. The van der Waals surface area contributed by atoms with Crippen molar-refractivity contribution in [1.29, 1.82) is 0 Å². The van der Waals surface area contributed by atoms with E-state index in [1.807, 2.05) is 30.3 Å². The Morgan fingerprint density at radius 1 is 1.14 bits per heavy atom. The molecule has 0 radical (unpaired) electrons. The lowest BCUT2D eigenvalue weighted by Gasteiger charge is -2.34. The predicted molar refractivity (Wildman–Crippen MR) is 135 cm³/mol. The van der Waals surface area contributed by atoms with Gasteiger partial charge in [0.25, 0.3) is 5.56 Å². The molecule has 1 atom stereocenters. The van der Waals surface area contributed by atoms with Crippen LogP contribution in [0.15, 0.2) is 81.3 Å². The number of aromatic amines is 1. The SMILES string of the molecule is COc1c(-c2ccoc2)cc(-n2ccc(=O)[nH]c2=O)cc1C1(CNS(C)(=O)=O)CCc2ccccc21. The summed E-state index contributed by atoms with van der Waals surface area (Å²) in [5.74, 6) is 0.546. The number of fused-ring (bicyclic) bond motifs is 1. The second-order valence-corrected chi connectivity index (χ2v) is 10.7. The highest BCUT2D eigenvalue weighted by molar-refractivity contribution is 7.88. The van der Waals surface area contributed by atoms with E-state index < -0.39 is 26.7 Å². The first-order valence-electron chi connectivity index (χ1n) is 11.3. The van der Waals surface area contributed by atoms with Gasteiger partial charge in [-0.1, -0.05) is 24.3 Å². The molecule has 0 bridgehead atoms. The molecule has 2 aromatic carbocycles. The first kappa shape index (κ1) is 23.8. The fourth-order valence-corrected chi connectivity index (χ4v) is 5.59. The summed E-state index contributed by atoms with van der Waals surface area (Å²) in [6, 6.07) is 14.6. The molecule has 0 fully saturated rings. The van der Waals surface area contributed by atoms with Crippen LogP contribution >= 0.6 is 0 Å². The van der Waals surface area contributed by atoms with Crippen LogP contribution in [-0.2, 0) is 21.9 Å². The number of nitrogens with one attached hydrogen (secondary N) is 2. The number of furan rings is 1. The van der Waals surface area contributed by atoms with Gasteiger partial charge in [0.2, 0.25) is 10.0 Å². The number of H-pyrrole nitrogens is 1. The van der Waals surface area contributed by atoms with E-state index in [1.54, 1.807) is 31.8 Å². The number of aryl methyl sites for hydroxylation is 1. The van der Waals surface area contributed by atoms with Crippen molar-refractivity contribution in [2.45, 2.75) is 18.3 Å². The van der Waals surface area contributed by atoms with Gasteiger partial charge in [0.05, 0.1) is 31.6 Å². The number of hydrogen-bond donors (Lipinski definition) is 2. The maximum atomic E-state index is 12.7. The molecular weight excluding hydrogens is 482 g/mol. The molecule has 1 aliphatic carbocycles. The molecule has 9 nitrogen and oxygen atoms in total. The minimum Gasteiger partial charge on any atom is -0.496 e. The van der Waals surface area contributed by atoms with Crippen molar-refractivity contribution in [3.8, 4) is 22.6 Å². The number of sulfonamides is 1. The van der Waals surface area contributed by atoms with Gasteiger partial charge in [-0.15, -0.1) is 0 Å². The Bertz CT molecular complexity index is 1650. The number of nitrogens with zero attached hydrogens (tertiary/aromatic N) is 1. The molecule has 1 unspecified atom stereocenters. The molecule has 0 saturated heterocycles. The van der Waals surface area contributed by atoms with E-state index in [0.29, 0.717) is 23.4 Å². The smallest absolute Gasteiger partial charge is 0.332 e. The van der Waals surface area contributed by atoms with Crippen LogP contribution in [0.25, 0.3) is 16.8 Å². The van der Waals surface area contributed by atoms with Crippen LogP contribution in [-0.4, -0.2) is 37.9 Å². The topological polar surface area (TPSA) is 123 Å². The van der Waals surface area contributed by atoms with Crippen molar-refractivity contribution in [1.82, 2.24) is 14.3 Å². The highest BCUT2D eigenvalue weighted by Gasteiger charge is 2.43. The number of ether oxygens (including phenoxy) is 1. The average Bonchev–Trinajstić information content (AvgIpc) is 3.51. The van der Waals surface area contributed by atoms with Crippen LogP contribution in [0.3, 0.4) is 0 Å². The maximum Gasteiger partial charge on any atom is 0.332 e. The van der Waals surface area contributed by atoms with Crippen LogP contribution in [0.4, 0.5) is 0 Å². The van der Waals surface area contributed by atoms with Crippen LogP contribution in [0.5, 0.6) is 5.75 Å². The molecular formula is C26H25N3O6S. The fraction of sp³-hybridized carbons (Fsp3) is 0.231. The van der Waals surface area contributed by atoms with Crippen LogP contribution < -0.4 is 20.7 Å². The van der Waals surface area contributed by atoms with Crippen molar-refractivity contribution in [3.05, 3.63) is 105 Å². The molecule has 2 aromatic heterocycles. The van der Waals surface area contributed by atoms with Gasteiger partial charge in [0.15, 0.2) is 0 Å². The zero-order valence-corrected chi connectivity index (χ0v) is 20.6. The summed E-state index contributed by atoms with van der Waals surface area (Å²) in [4.78, 5) is 26.7. The third-order valence-electron chi connectivity index (χ3n) is 6.72. The van der Waals surface area contributed by atoms with Gasteiger partial charge in [-0.3, -0.25) is 14.3 Å². The van der Waals surface area contributed by atoms with E-state index in [4.69, 9.17) is 9.15 Å². The van der Waals surface area contributed by atoms with Crippen LogP contribution in [0.1, 0.15) is 23.1 Å². The third-order valence-corrected chi connectivity index (χ3v) is 7.39. The van der Waals surface area contributed by atoms with E-state index in [0.717, 1.165) is 34.9 Å². The van der Waals surface area contributed by atoms with E-state index in [1.165, 1.54) is 16.8 Å². The number of methoxy groups -OCH3 is 1. The van der Waals surface area contributed by atoms with Gasteiger partial charge in [0, 0.05) is 40.9 Å². The molecule has 0 saturated carbocycles. The number of hydrogen-bond acceptors (Lipinski definition) is 6. The molecule has 186 valence electrons. The summed E-state index contributed by atoms with van der Waals surface area (Å²) in [5, 5.41) is 0. The molecule has 0 amide bonds. The number of benzene rings is 2. The number of aromatic nitrogens is 2. The lowest BCUT2D eigenvalue weighted by Crippen LogP contribution is -2.40. The quantitative estimate of drug-likeness (QED) is 0.396. The molecule has 1 aliphatic rings.